The standard InChI is InChI=1S/C43H81O3P/c1-3-5-7-9-11-13-15-17-19-21-23-25-27-29-31-33-36-41-37-35-38-42(40-47(44,45)46)43(41)39-34-32-30-28-26-24-22-20-18-16-14-12-10-8-6-4-2/h35,37-38H,3-34,36,39-40H2,1-2H3,(H2,44,45,46). The Hall–Kier alpha value is -0.630. The molecule has 1 rings (SSSR count). The number of benzene rings is 1. The highest BCUT2D eigenvalue weighted by Gasteiger charge is 2.18. The molecule has 0 saturated heterocycles. The summed E-state index contributed by atoms with van der Waals surface area (Å²) < 4.78 is 11.9. The lowest BCUT2D eigenvalue weighted by atomic mass is 9.93. The summed E-state index contributed by atoms with van der Waals surface area (Å²) in [6.07, 6.45) is 45.8. The molecule has 276 valence electrons. The molecule has 4 heteroatoms. The van der Waals surface area contributed by atoms with E-state index in [1.165, 1.54) is 210 Å². The smallest absolute Gasteiger partial charge is 0.324 e. The van der Waals surface area contributed by atoms with Gasteiger partial charge >= 0.3 is 7.60 Å². The Morgan fingerprint density at radius 1 is 0.404 bits per heavy atom. The van der Waals surface area contributed by atoms with E-state index >= 15 is 0 Å². The van der Waals surface area contributed by atoms with Crippen molar-refractivity contribution in [3.05, 3.63) is 34.9 Å². The largest absolute Gasteiger partial charge is 0.329 e. The number of unbranched alkanes of at least 4 members (excludes halogenated alkanes) is 30. The maximum atomic E-state index is 11.9. The topological polar surface area (TPSA) is 57.5 Å². The van der Waals surface area contributed by atoms with Gasteiger partial charge in [0.15, 0.2) is 0 Å². The van der Waals surface area contributed by atoms with Gasteiger partial charge < -0.3 is 9.79 Å². The zero-order valence-corrected chi connectivity index (χ0v) is 32.6. The zero-order valence-electron chi connectivity index (χ0n) is 31.7. The fourth-order valence-corrected chi connectivity index (χ4v) is 8.07. The van der Waals surface area contributed by atoms with E-state index in [-0.39, 0.29) is 6.16 Å². The fraction of sp³-hybridized carbons (Fsp3) is 0.860. The average molecular weight is 677 g/mol. The fourth-order valence-electron chi connectivity index (χ4n) is 7.33. The lowest BCUT2D eigenvalue weighted by molar-refractivity contribution is 0.371. The van der Waals surface area contributed by atoms with Crippen molar-refractivity contribution >= 4 is 7.60 Å². The Bertz CT molecular complexity index is 847. The minimum absolute atomic E-state index is 0.117. The molecule has 47 heavy (non-hydrogen) atoms. The van der Waals surface area contributed by atoms with Crippen molar-refractivity contribution in [3.63, 3.8) is 0 Å². The summed E-state index contributed by atoms with van der Waals surface area (Å²) in [7, 11) is -4.07. The van der Waals surface area contributed by atoms with Crippen LogP contribution in [0.5, 0.6) is 0 Å². The molecule has 1 aromatic rings. The number of hydrogen-bond acceptors (Lipinski definition) is 1. The second kappa shape index (κ2) is 32.6. The summed E-state index contributed by atoms with van der Waals surface area (Å²) in [4.78, 5) is 19.5. The molecule has 2 N–H and O–H groups in total. The van der Waals surface area contributed by atoms with Crippen LogP contribution in [-0.4, -0.2) is 9.79 Å². The highest BCUT2D eigenvalue weighted by molar-refractivity contribution is 7.50. The minimum Gasteiger partial charge on any atom is -0.324 e. The van der Waals surface area contributed by atoms with Crippen LogP contribution in [0.3, 0.4) is 0 Å². The van der Waals surface area contributed by atoms with E-state index in [0.29, 0.717) is 0 Å². The highest BCUT2D eigenvalue weighted by atomic mass is 31.2. The van der Waals surface area contributed by atoms with Crippen LogP contribution < -0.4 is 0 Å². The van der Waals surface area contributed by atoms with Crippen LogP contribution >= 0.6 is 7.60 Å². The number of hydrogen-bond donors (Lipinski definition) is 2. The van der Waals surface area contributed by atoms with Crippen molar-refractivity contribution in [2.75, 3.05) is 0 Å². The van der Waals surface area contributed by atoms with Gasteiger partial charge in [-0.25, -0.2) is 0 Å². The van der Waals surface area contributed by atoms with Crippen molar-refractivity contribution in [2.45, 2.75) is 238 Å². The molecule has 0 heterocycles. The Labute approximate surface area is 294 Å². The van der Waals surface area contributed by atoms with Gasteiger partial charge in [0.05, 0.1) is 6.16 Å². The van der Waals surface area contributed by atoms with Gasteiger partial charge in [-0.05, 0) is 42.4 Å². The van der Waals surface area contributed by atoms with Gasteiger partial charge in [-0.1, -0.05) is 225 Å². The normalized spacial score (nSPS) is 11.9. The van der Waals surface area contributed by atoms with Gasteiger partial charge in [0.25, 0.3) is 0 Å². The van der Waals surface area contributed by atoms with Crippen LogP contribution in [0, 0.1) is 0 Å². The Kier molecular flexibility index (Phi) is 30.8. The van der Waals surface area contributed by atoms with Crippen molar-refractivity contribution in [1.29, 1.82) is 0 Å². The van der Waals surface area contributed by atoms with E-state index in [4.69, 9.17) is 0 Å². The third-order valence-corrected chi connectivity index (χ3v) is 11.1. The Morgan fingerprint density at radius 3 is 1.00 bits per heavy atom. The number of rotatable bonds is 36. The highest BCUT2D eigenvalue weighted by Crippen LogP contribution is 2.40. The van der Waals surface area contributed by atoms with E-state index in [9.17, 15) is 14.4 Å². The first-order chi connectivity index (χ1) is 23.0. The summed E-state index contributed by atoms with van der Waals surface area (Å²) >= 11 is 0. The molecule has 1 aromatic carbocycles. The third-order valence-electron chi connectivity index (χ3n) is 10.3. The molecule has 0 aliphatic rings. The molecular weight excluding hydrogens is 595 g/mol. The number of aryl methyl sites for hydroxylation is 1. The summed E-state index contributed by atoms with van der Waals surface area (Å²) in [5.41, 5.74) is 3.46. The van der Waals surface area contributed by atoms with Gasteiger partial charge in [0, 0.05) is 0 Å². The molecule has 0 aliphatic carbocycles. The van der Waals surface area contributed by atoms with Gasteiger partial charge in [0.2, 0.25) is 0 Å². The third kappa shape index (κ3) is 28.9. The summed E-state index contributed by atoms with van der Waals surface area (Å²) in [5.74, 6) is 0. The molecule has 0 amide bonds. The quantitative estimate of drug-likeness (QED) is 0.0549. The summed E-state index contributed by atoms with van der Waals surface area (Å²) in [5, 5.41) is 0. The molecule has 0 aliphatic heterocycles. The molecule has 0 atom stereocenters. The van der Waals surface area contributed by atoms with Crippen molar-refractivity contribution in [2.24, 2.45) is 0 Å². The van der Waals surface area contributed by atoms with Gasteiger partial charge in [-0.3, -0.25) is 4.57 Å². The first-order valence-corrected chi connectivity index (χ1v) is 22.9. The molecule has 0 aromatic heterocycles. The van der Waals surface area contributed by atoms with Gasteiger partial charge in [0.1, 0.15) is 0 Å². The SMILES string of the molecule is CCCCCCCCCCCCCCCCCCc1cccc(CP(=O)(O)O)c1CCCCCCCCCCCCCCCCCC. The van der Waals surface area contributed by atoms with E-state index in [0.717, 1.165) is 24.8 Å². The lowest BCUT2D eigenvalue weighted by Gasteiger charge is -2.16. The van der Waals surface area contributed by atoms with E-state index < -0.39 is 7.60 Å². The van der Waals surface area contributed by atoms with Crippen molar-refractivity contribution < 1.29 is 14.4 Å². The predicted molar refractivity (Wildman–Crippen MR) is 209 cm³/mol. The molecule has 0 unspecified atom stereocenters. The monoisotopic (exact) mass is 677 g/mol. The van der Waals surface area contributed by atoms with Crippen LogP contribution in [0.25, 0.3) is 0 Å². The summed E-state index contributed by atoms with van der Waals surface area (Å²) in [6, 6.07) is 6.19. The first-order valence-electron chi connectivity index (χ1n) is 21.1. The van der Waals surface area contributed by atoms with E-state index in [1.807, 2.05) is 12.1 Å². The Morgan fingerprint density at radius 2 is 0.681 bits per heavy atom. The summed E-state index contributed by atoms with van der Waals surface area (Å²) in [6.45, 7) is 4.58. The molecule has 3 nitrogen and oxygen atoms in total. The Balaban J connectivity index is 2.18. The van der Waals surface area contributed by atoms with E-state index in [1.54, 1.807) is 0 Å². The van der Waals surface area contributed by atoms with Crippen LogP contribution in [0.2, 0.25) is 0 Å². The average Bonchev–Trinajstić information content (AvgIpc) is 3.04. The molecule has 0 spiro atoms. The van der Waals surface area contributed by atoms with Crippen molar-refractivity contribution in [1.82, 2.24) is 0 Å². The second-order valence-electron chi connectivity index (χ2n) is 15.0. The molecular formula is C43H81O3P. The maximum Gasteiger partial charge on any atom is 0.329 e. The van der Waals surface area contributed by atoms with Gasteiger partial charge in [-0.2, -0.15) is 0 Å². The lowest BCUT2D eigenvalue weighted by Crippen LogP contribution is -2.02. The van der Waals surface area contributed by atoms with Crippen LogP contribution in [0.4, 0.5) is 0 Å². The van der Waals surface area contributed by atoms with Crippen LogP contribution in [0.1, 0.15) is 236 Å². The zero-order chi connectivity index (χ0) is 34.1. The second-order valence-corrected chi connectivity index (χ2v) is 16.6. The molecule has 0 bridgehead atoms. The van der Waals surface area contributed by atoms with Crippen LogP contribution in [-0.2, 0) is 23.6 Å². The molecule has 0 fully saturated rings. The molecule has 0 radical (unpaired) electrons. The minimum atomic E-state index is -4.07. The van der Waals surface area contributed by atoms with E-state index in [2.05, 4.69) is 19.9 Å². The first kappa shape index (κ1) is 44.4. The van der Waals surface area contributed by atoms with Gasteiger partial charge in [-0.15, -0.1) is 0 Å². The maximum absolute atomic E-state index is 11.9. The predicted octanol–water partition coefficient (Wildman–Crippen LogP) is 15.0. The molecule has 0 saturated carbocycles. The van der Waals surface area contributed by atoms with Crippen molar-refractivity contribution in [3.8, 4) is 0 Å². The van der Waals surface area contributed by atoms with Crippen LogP contribution in [0.15, 0.2) is 18.2 Å².